The van der Waals surface area contributed by atoms with E-state index in [1.807, 2.05) is 48.5 Å². The largest absolute Gasteiger partial charge is 0.399 e. The van der Waals surface area contributed by atoms with Crippen LogP contribution in [0.1, 0.15) is 5.56 Å². The molecule has 0 aliphatic heterocycles. The van der Waals surface area contributed by atoms with Crippen LogP contribution in [-0.4, -0.2) is 6.21 Å². The Bertz CT molecular complexity index is 436. The number of rotatable bonds is 2. The van der Waals surface area contributed by atoms with Crippen LogP contribution in [0.25, 0.3) is 0 Å². The van der Waals surface area contributed by atoms with Crippen molar-refractivity contribution < 1.29 is 0 Å². The Kier molecular flexibility index (Phi) is 2.87. The van der Waals surface area contributed by atoms with E-state index >= 15 is 0 Å². The zero-order chi connectivity index (χ0) is 11.4. The molecule has 3 nitrogen and oxygen atoms in total. The number of benzene rings is 2. The van der Waals surface area contributed by atoms with Gasteiger partial charge in [0.25, 0.3) is 0 Å². The van der Waals surface area contributed by atoms with Crippen molar-refractivity contribution in [2.24, 2.45) is 4.99 Å². The molecule has 0 atom stereocenters. The zero-order valence-electron chi connectivity index (χ0n) is 8.80. The highest BCUT2D eigenvalue weighted by atomic mass is 14.7. The lowest BCUT2D eigenvalue weighted by Gasteiger charge is -1.96. The molecule has 0 aromatic heterocycles. The van der Waals surface area contributed by atoms with Gasteiger partial charge in [0.2, 0.25) is 0 Å². The second-order valence-electron chi connectivity index (χ2n) is 3.52. The fraction of sp³-hybridized carbons (Fsp3) is 0. The first-order chi connectivity index (χ1) is 7.74. The minimum absolute atomic E-state index is 0.742. The lowest BCUT2D eigenvalue weighted by molar-refractivity contribution is 1.52. The topological polar surface area (TPSA) is 64.4 Å². The maximum atomic E-state index is 5.59. The fourth-order valence-electron chi connectivity index (χ4n) is 1.29. The molecule has 0 amide bonds. The summed E-state index contributed by atoms with van der Waals surface area (Å²) in [5.74, 6) is 0. The van der Waals surface area contributed by atoms with Crippen molar-refractivity contribution in [3.05, 3.63) is 54.1 Å². The molecule has 2 aromatic carbocycles. The molecule has 0 saturated heterocycles. The molecule has 0 unspecified atom stereocenters. The molecule has 0 aliphatic rings. The summed E-state index contributed by atoms with van der Waals surface area (Å²) in [5.41, 5.74) is 14.6. The summed E-state index contributed by atoms with van der Waals surface area (Å²) in [4.78, 5) is 4.33. The number of aliphatic imine (C=N–C) groups is 1. The molecule has 0 spiro atoms. The lowest BCUT2D eigenvalue weighted by atomic mass is 10.2. The van der Waals surface area contributed by atoms with Gasteiger partial charge in [-0.1, -0.05) is 12.1 Å². The molecule has 3 heteroatoms. The predicted octanol–water partition coefficient (Wildman–Crippen LogP) is 2.60. The highest BCUT2D eigenvalue weighted by Gasteiger charge is 1.89. The van der Waals surface area contributed by atoms with Crippen molar-refractivity contribution in [3.8, 4) is 0 Å². The molecule has 2 aromatic rings. The minimum atomic E-state index is 0.742. The Balaban J connectivity index is 2.15. The summed E-state index contributed by atoms with van der Waals surface area (Å²) >= 11 is 0. The van der Waals surface area contributed by atoms with Gasteiger partial charge in [-0.2, -0.15) is 0 Å². The van der Waals surface area contributed by atoms with Crippen LogP contribution < -0.4 is 11.5 Å². The van der Waals surface area contributed by atoms with Crippen LogP contribution >= 0.6 is 0 Å². The van der Waals surface area contributed by atoms with Gasteiger partial charge in [0.1, 0.15) is 0 Å². The van der Waals surface area contributed by atoms with Gasteiger partial charge in [0.15, 0.2) is 0 Å². The van der Waals surface area contributed by atoms with Gasteiger partial charge < -0.3 is 11.5 Å². The van der Waals surface area contributed by atoms with E-state index in [9.17, 15) is 0 Å². The van der Waals surface area contributed by atoms with Crippen LogP contribution in [0.5, 0.6) is 0 Å². The molecule has 0 saturated carbocycles. The van der Waals surface area contributed by atoms with Gasteiger partial charge in [-0.05, 0) is 42.0 Å². The molecule has 0 heterocycles. The monoisotopic (exact) mass is 211 g/mol. The van der Waals surface area contributed by atoms with E-state index in [1.54, 1.807) is 6.21 Å². The molecule has 2 rings (SSSR count). The summed E-state index contributed by atoms with van der Waals surface area (Å²) < 4.78 is 0. The van der Waals surface area contributed by atoms with Crippen molar-refractivity contribution in [3.63, 3.8) is 0 Å². The van der Waals surface area contributed by atoms with Crippen LogP contribution in [0, 0.1) is 0 Å². The molecule has 0 bridgehead atoms. The Morgan fingerprint density at radius 1 is 0.750 bits per heavy atom. The summed E-state index contributed by atoms with van der Waals surface area (Å²) in [6, 6.07) is 15.0. The average molecular weight is 211 g/mol. The van der Waals surface area contributed by atoms with Crippen LogP contribution in [0.4, 0.5) is 17.1 Å². The van der Waals surface area contributed by atoms with Gasteiger partial charge >= 0.3 is 0 Å². The minimum Gasteiger partial charge on any atom is -0.399 e. The molecular weight excluding hydrogens is 198 g/mol. The standard InChI is InChI=1S/C13H13N3/c14-11-3-1-10(2-4-11)9-16-13-7-5-12(15)6-8-13/h1-9H,14-15H2/b16-9+. The first kappa shape index (κ1) is 10.2. The number of nitrogens with two attached hydrogens (primary N) is 2. The molecule has 0 aliphatic carbocycles. The molecule has 4 N–H and O–H groups in total. The van der Waals surface area contributed by atoms with Crippen molar-refractivity contribution in [1.29, 1.82) is 0 Å². The lowest BCUT2D eigenvalue weighted by Crippen LogP contribution is -1.85. The van der Waals surface area contributed by atoms with Crippen LogP contribution in [0.3, 0.4) is 0 Å². The van der Waals surface area contributed by atoms with E-state index in [2.05, 4.69) is 4.99 Å². The molecule has 80 valence electrons. The Labute approximate surface area is 94.4 Å². The quantitative estimate of drug-likeness (QED) is 0.592. The van der Waals surface area contributed by atoms with Gasteiger partial charge in [-0.25, -0.2) is 0 Å². The van der Waals surface area contributed by atoms with E-state index in [0.717, 1.165) is 22.6 Å². The number of anilines is 2. The summed E-state index contributed by atoms with van der Waals surface area (Å²) in [7, 11) is 0. The van der Waals surface area contributed by atoms with Crippen LogP contribution in [0.2, 0.25) is 0 Å². The predicted molar refractivity (Wildman–Crippen MR) is 69.0 cm³/mol. The number of nitrogen functional groups attached to an aromatic ring is 2. The Morgan fingerprint density at radius 2 is 1.25 bits per heavy atom. The van der Waals surface area contributed by atoms with Gasteiger partial charge in [-0.3, -0.25) is 4.99 Å². The summed E-state index contributed by atoms with van der Waals surface area (Å²) in [5, 5.41) is 0. The normalized spacial score (nSPS) is 10.8. The van der Waals surface area contributed by atoms with Crippen molar-refractivity contribution >= 4 is 23.3 Å². The SMILES string of the molecule is Nc1ccc(/C=N/c2ccc(N)cc2)cc1. The fourth-order valence-corrected chi connectivity index (χ4v) is 1.29. The number of hydrogen-bond donors (Lipinski definition) is 2. The first-order valence-corrected chi connectivity index (χ1v) is 4.99. The van der Waals surface area contributed by atoms with Crippen LogP contribution in [0.15, 0.2) is 53.5 Å². The second kappa shape index (κ2) is 4.49. The zero-order valence-corrected chi connectivity index (χ0v) is 8.80. The number of hydrogen-bond acceptors (Lipinski definition) is 3. The highest BCUT2D eigenvalue weighted by molar-refractivity contribution is 5.82. The van der Waals surface area contributed by atoms with E-state index in [4.69, 9.17) is 11.5 Å². The van der Waals surface area contributed by atoms with E-state index in [1.165, 1.54) is 0 Å². The van der Waals surface area contributed by atoms with E-state index in [-0.39, 0.29) is 0 Å². The van der Waals surface area contributed by atoms with Gasteiger partial charge in [0.05, 0.1) is 5.69 Å². The first-order valence-electron chi connectivity index (χ1n) is 4.99. The van der Waals surface area contributed by atoms with Crippen molar-refractivity contribution in [2.75, 3.05) is 11.5 Å². The van der Waals surface area contributed by atoms with Gasteiger partial charge in [0, 0.05) is 17.6 Å². The summed E-state index contributed by atoms with van der Waals surface area (Å²) in [6.45, 7) is 0. The highest BCUT2D eigenvalue weighted by Crippen LogP contribution is 2.14. The van der Waals surface area contributed by atoms with Crippen molar-refractivity contribution in [1.82, 2.24) is 0 Å². The van der Waals surface area contributed by atoms with Crippen LogP contribution in [-0.2, 0) is 0 Å². The van der Waals surface area contributed by atoms with Crippen molar-refractivity contribution in [2.45, 2.75) is 0 Å². The van der Waals surface area contributed by atoms with E-state index < -0.39 is 0 Å². The van der Waals surface area contributed by atoms with E-state index in [0.29, 0.717) is 0 Å². The molecule has 0 fully saturated rings. The molecule has 0 radical (unpaired) electrons. The maximum Gasteiger partial charge on any atom is 0.0631 e. The summed E-state index contributed by atoms with van der Waals surface area (Å²) in [6.07, 6.45) is 1.80. The smallest absolute Gasteiger partial charge is 0.0631 e. The maximum absolute atomic E-state index is 5.59. The Hall–Kier alpha value is -2.29. The number of nitrogens with zero attached hydrogens (tertiary/aromatic N) is 1. The average Bonchev–Trinajstić information content (AvgIpc) is 2.30. The van der Waals surface area contributed by atoms with Gasteiger partial charge in [-0.15, -0.1) is 0 Å². The Morgan fingerprint density at radius 3 is 1.81 bits per heavy atom. The third-order valence-corrected chi connectivity index (χ3v) is 2.19. The molecular formula is C13H13N3. The third-order valence-electron chi connectivity index (χ3n) is 2.19. The molecule has 16 heavy (non-hydrogen) atoms. The third kappa shape index (κ3) is 2.60. The second-order valence-corrected chi connectivity index (χ2v) is 3.52.